The third-order valence-electron chi connectivity index (χ3n) is 5.43. The smallest absolute Gasteiger partial charge is 0.326 e. The normalized spacial score (nSPS) is 14.4. The number of carboxylic acids is 1. The number of nitrogens with one attached hydrogen (secondary N) is 3. The van der Waals surface area contributed by atoms with E-state index < -0.39 is 60.2 Å². The number of hydrogen-bond donors (Lipinski definition) is 7. The largest absolute Gasteiger partial charge is 0.508 e. The zero-order valence-corrected chi connectivity index (χ0v) is 21.7. The maximum atomic E-state index is 13.1. The van der Waals surface area contributed by atoms with E-state index in [0.29, 0.717) is 5.56 Å². The number of phenolic OH excluding ortho intramolecular Hbond substituents is 1. The fourth-order valence-corrected chi connectivity index (χ4v) is 3.61. The summed E-state index contributed by atoms with van der Waals surface area (Å²) in [6, 6.07) is 1.45. The zero-order chi connectivity index (χ0) is 28.3. The molecule has 4 amide bonds. The topological polar surface area (TPSA) is 214 Å². The highest BCUT2D eigenvalue weighted by Gasteiger charge is 2.31. The van der Waals surface area contributed by atoms with Crippen molar-refractivity contribution in [2.45, 2.75) is 77.5 Å². The lowest BCUT2D eigenvalue weighted by atomic mass is 10.0. The van der Waals surface area contributed by atoms with Crippen LogP contribution in [0.25, 0.3) is 0 Å². The number of rotatable bonds is 15. The Morgan fingerprint density at radius 3 is 1.73 bits per heavy atom. The van der Waals surface area contributed by atoms with E-state index in [1.165, 1.54) is 12.1 Å². The lowest BCUT2D eigenvalue weighted by Gasteiger charge is -2.26. The molecule has 12 nitrogen and oxygen atoms in total. The summed E-state index contributed by atoms with van der Waals surface area (Å²) in [4.78, 5) is 61.7. The van der Waals surface area contributed by atoms with Crippen LogP contribution in [-0.2, 0) is 30.4 Å². The highest BCUT2D eigenvalue weighted by molar-refractivity contribution is 5.96. The van der Waals surface area contributed by atoms with Crippen LogP contribution in [0.1, 0.15) is 52.5 Å². The van der Waals surface area contributed by atoms with Gasteiger partial charge in [0.25, 0.3) is 0 Å². The van der Waals surface area contributed by atoms with E-state index in [1.54, 1.807) is 26.0 Å². The van der Waals surface area contributed by atoms with Crippen molar-refractivity contribution < 1.29 is 34.2 Å². The zero-order valence-electron chi connectivity index (χ0n) is 21.7. The van der Waals surface area contributed by atoms with Crippen LogP contribution in [0.3, 0.4) is 0 Å². The summed E-state index contributed by atoms with van der Waals surface area (Å²) in [6.45, 7) is 7.24. The quantitative estimate of drug-likeness (QED) is 0.163. The molecule has 0 unspecified atom stereocenters. The Morgan fingerprint density at radius 1 is 0.784 bits per heavy atom. The van der Waals surface area contributed by atoms with E-state index in [-0.39, 0.29) is 36.8 Å². The van der Waals surface area contributed by atoms with Crippen LogP contribution >= 0.6 is 0 Å². The van der Waals surface area contributed by atoms with Gasteiger partial charge in [-0.05, 0) is 48.8 Å². The lowest BCUT2D eigenvalue weighted by Crippen LogP contribution is -2.58. The van der Waals surface area contributed by atoms with Crippen LogP contribution in [0, 0.1) is 11.8 Å². The van der Waals surface area contributed by atoms with Gasteiger partial charge in [-0.25, -0.2) is 4.79 Å². The fraction of sp³-hybridized carbons (Fsp3) is 0.560. The number of carbonyl (C=O) groups is 5. The van der Waals surface area contributed by atoms with Crippen LogP contribution in [0.4, 0.5) is 0 Å². The Kier molecular flexibility index (Phi) is 12.5. The summed E-state index contributed by atoms with van der Waals surface area (Å²) in [7, 11) is 0. The molecule has 0 aromatic heterocycles. The number of carboxylic acid groups (broad SMARTS) is 1. The summed E-state index contributed by atoms with van der Waals surface area (Å²) in [5.74, 6) is -4.35. The number of amides is 4. The van der Waals surface area contributed by atoms with Crippen LogP contribution in [0.5, 0.6) is 5.75 Å². The molecule has 206 valence electrons. The predicted octanol–water partition coefficient (Wildman–Crippen LogP) is -0.231. The highest BCUT2D eigenvalue weighted by atomic mass is 16.4. The maximum Gasteiger partial charge on any atom is 0.326 e. The average molecular weight is 522 g/mol. The SMILES string of the molecule is CC(C)C[C@H](NC(=O)[C@H](CC(N)=O)NC(=O)[C@H](CC(C)C)NC(=O)[C@@H](N)Cc1ccc(O)cc1)C(=O)O. The van der Waals surface area contributed by atoms with Crippen molar-refractivity contribution in [3.05, 3.63) is 29.8 Å². The van der Waals surface area contributed by atoms with Gasteiger partial charge >= 0.3 is 5.97 Å². The third-order valence-corrected chi connectivity index (χ3v) is 5.43. The molecule has 0 aliphatic rings. The van der Waals surface area contributed by atoms with E-state index in [2.05, 4.69) is 16.0 Å². The molecule has 4 atom stereocenters. The van der Waals surface area contributed by atoms with Crippen molar-refractivity contribution in [3.8, 4) is 5.75 Å². The number of carbonyl (C=O) groups excluding carboxylic acids is 4. The number of nitrogens with two attached hydrogens (primary N) is 2. The first-order chi connectivity index (χ1) is 17.2. The van der Waals surface area contributed by atoms with Crippen molar-refractivity contribution in [3.63, 3.8) is 0 Å². The minimum absolute atomic E-state index is 0.0322. The van der Waals surface area contributed by atoms with E-state index in [4.69, 9.17) is 11.5 Å². The molecule has 37 heavy (non-hydrogen) atoms. The van der Waals surface area contributed by atoms with E-state index in [9.17, 15) is 34.2 Å². The molecule has 0 radical (unpaired) electrons. The van der Waals surface area contributed by atoms with Crippen molar-refractivity contribution in [1.82, 2.24) is 16.0 Å². The predicted molar refractivity (Wildman–Crippen MR) is 136 cm³/mol. The van der Waals surface area contributed by atoms with Crippen molar-refractivity contribution in [2.75, 3.05) is 0 Å². The fourth-order valence-electron chi connectivity index (χ4n) is 3.61. The molecule has 0 heterocycles. The van der Waals surface area contributed by atoms with E-state index >= 15 is 0 Å². The van der Waals surface area contributed by atoms with Gasteiger partial charge in [-0.2, -0.15) is 0 Å². The lowest BCUT2D eigenvalue weighted by molar-refractivity contribution is -0.143. The Labute approximate surface area is 216 Å². The van der Waals surface area contributed by atoms with Crippen molar-refractivity contribution in [2.24, 2.45) is 23.3 Å². The summed E-state index contributed by atoms with van der Waals surface area (Å²) < 4.78 is 0. The molecule has 1 rings (SSSR count). The molecule has 0 aliphatic carbocycles. The van der Waals surface area contributed by atoms with Gasteiger partial charge in [-0.15, -0.1) is 0 Å². The standard InChI is InChI=1S/C25H39N5O7/c1-13(2)9-18(28-22(33)17(26)11-15-5-7-16(31)8-6-15)23(34)29-19(12-21(27)32)24(35)30-20(25(36)37)10-14(3)4/h5-8,13-14,17-20,31H,9-12,26H2,1-4H3,(H2,27,32)(H,28,33)(H,29,34)(H,30,35)(H,36,37)/t17-,18-,19-,20-/m0/s1. The van der Waals surface area contributed by atoms with E-state index in [1.807, 2.05) is 13.8 Å². The first kappa shape index (κ1) is 31.4. The number of primary amides is 1. The minimum atomic E-state index is -1.43. The van der Waals surface area contributed by atoms with Crippen molar-refractivity contribution in [1.29, 1.82) is 0 Å². The molecule has 12 heteroatoms. The van der Waals surface area contributed by atoms with Crippen LogP contribution in [-0.4, -0.2) is 64.0 Å². The summed E-state index contributed by atoms with van der Waals surface area (Å²) in [5, 5.41) is 26.2. The monoisotopic (exact) mass is 521 g/mol. The summed E-state index contributed by atoms with van der Waals surface area (Å²) in [5.41, 5.74) is 12.0. The number of aromatic hydroxyl groups is 1. The van der Waals surface area contributed by atoms with E-state index in [0.717, 1.165) is 0 Å². The number of benzene rings is 1. The molecule has 0 saturated carbocycles. The molecule has 0 fully saturated rings. The molecule has 1 aromatic carbocycles. The Morgan fingerprint density at radius 2 is 1.24 bits per heavy atom. The van der Waals surface area contributed by atoms with Crippen LogP contribution in [0.2, 0.25) is 0 Å². The van der Waals surface area contributed by atoms with Crippen LogP contribution < -0.4 is 27.4 Å². The van der Waals surface area contributed by atoms with Crippen molar-refractivity contribution >= 4 is 29.6 Å². The first-order valence-electron chi connectivity index (χ1n) is 12.1. The molecule has 0 aliphatic heterocycles. The molecular formula is C25H39N5O7. The molecule has 1 aromatic rings. The van der Waals surface area contributed by atoms with Gasteiger partial charge in [0.1, 0.15) is 23.9 Å². The number of aliphatic carboxylic acids is 1. The van der Waals surface area contributed by atoms with Gasteiger partial charge in [0.15, 0.2) is 0 Å². The molecular weight excluding hydrogens is 482 g/mol. The van der Waals surface area contributed by atoms with Crippen LogP contribution in [0.15, 0.2) is 24.3 Å². The first-order valence-corrected chi connectivity index (χ1v) is 12.1. The van der Waals surface area contributed by atoms with Gasteiger partial charge in [0.05, 0.1) is 12.5 Å². The van der Waals surface area contributed by atoms with Gasteiger partial charge in [-0.1, -0.05) is 39.8 Å². The van der Waals surface area contributed by atoms with Gasteiger partial charge < -0.3 is 37.6 Å². The Balaban J connectivity index is 2.98. The second-order valence-corrected chi connectivity index (χ2v) is 9.93. The number of phenols is 1. The third kappa shape index (κ3) is 11.7. The molecule has 9 N–H and O–H groups in total. The molecule has 0 spiro atoms. The summed E-state index contributed by atoms with van der Waals surface area (Å²) >= 11 is 0. The highest BCUT2D eigenvalue weighted by Crippen LogP contribution is 2.12. The maximum absolute atomic E-state index is 13.1. The average Bonchev–Trinajstić information content (AvgIpc) is 2.78. The van der Waals surface area contributed by atoms with Gasteiger partial charge in [-0.3, -0.25) is 19.2 Å². The minimum Gasteiger partial charge on any atom is -0.508 e. The Hall–Kier alpha value is -3.67. The number of hydrogen-bond acceptors (Lipinski definition) is 7. The summed E-state index contributed by atoms with van der Waals surface area (Å²) in [6.07, 6.45) is -0.0572. The van der Waals surface area contributed by atoms with Gasteiger partial charge in [0.2, 0.25) is 23.6 Å². The Bertz CT molecular complexity index is 949. The van der Waals surface area contributed by atoms with Gasteiger partial charge in [0, 0.05) is 0 Å². The molecule has 0 saturated heterocycles. The molecule has 0 bridgehead atoms. The second-order valence-electron chi connectivity index (χ2n) is 9.93. The second kappa shape index (κ2) is 14.8.